The standard InChI is InChI=1S/C31H31ClFN5O2/c1-37-11-4-6-21(37)17-40-31-35-29-25(30(36-31)38-12-10-19-8-9-20(16-38)34-19)15-26(32)27(28(29)33)24-14-22(39)13-18-5-2-3-7-23(18)24/h2-3,5,7,9,13-15,19,21,34,39H,4,6,8,10-12,16-17H2,1H3/t19-,21+/m1/s1. The molecule has 4 aromatic rings. The van der Waals surface area contributed by atoms with E-state index in [1.165, 1.54) is 0 Å². The first-order valence-electron chi connectivity index (χ1n) is 13.9. The second kappa shape index (κ2) is 10.1. The molecule has 2 saturated heterocycles. The van der Waals surface area contributed by atoms with Crippen LogP contribution in [0.1, 0.15) is 25.7 Å². The van der Waals surface area contributed by atoms with Crippen molar-refractivity contribution in [2.24, 2.45) is 0 Å². The Morgan fingerprint density at radius 3 is 2.85 bits per heavy atom. The third kappa shape index (κ3) is 4.49. The van der Waals surface area contributed by atoms with Crippen molar-refractivity contribution in [1.29, 1.82) is 0 Å². The number of ether oxygens (including phenoxy) is 1. The molecule has 2 bridgehead atoms. The van der Waals surface area contributed by atoms with Gasteiger partial charge in [-0.3, -0.25) is 0 Å². The quantitative estimate of drug-likeness (QED) is 0.316. The number of phenolic OH excluding ortho intramolecular Hbond substituents is 1. The first kappa shape index (κ1) is 25.4. The van der Waals surface area contributed by atoms with Crippen LogP contribution in [0.15, 0.2) is 54.2 Å². The van der Waals surface area contributed by atoms with Gasteiger partial charge in [0, 0.05) is 35.3 Å². The molecule has 2 fully saturated rings. The van der Waals surface area contributed by atoms with E-state index in [1.807, 2.05) is 24.3 Å². The number of phenols is 1. The predicted molar refractivity (Wildman–Crippen MR) is 157 cm³/mol. The van der Waals surface area contributed by atoms with Gasteiger partial charge < -0.3 is 25.0 Å². The number of fused-ring (bicyclic) bond motifs is 4. The lowest BCUT2D eigenvalue weighted by molar-refractivity contribution is 0.188. The Balaban J connectivity index is 1.39. The molecule has 1 aromatic heterocycles. The maximum atomic E-state index is 16.7. The number of nitrogens with one attached hydrogen (secondary N) is 1. The number of hydrogen-bond acceptors (Lipinski definition) is 7. The Morgan fingerprint density at radius 2 is 2.00 bits per heavy atom. The fourth-order valence-corrected chi connectivity index (χ4v) is 6.61. The zero-order chi connectivity index (χ0) is 27.4. The Morgan fingerprint density at radius 1 is 1.12 bits per heavy atom. The summed E-state index contributed by atoms with van der Waals surface area (Å²) in [5, 5.41) is 16.4. The maximum Gasteiger partial charge on any atom is 0.319 e. The van der Waals surface area contributed by atoms with E-state index in [0.29, 0.717) is 36.0 Å². The van der Waals surface area contributed by atoms with Crippen molar-refractivity contribution in [3.63, 3.8) is 0 Å². The van der Waals surface area contributed by atoms with Gasteiger partial charge in [-0.15, -0.1) is 0 Å². The zero-order valence-electron chi connectivity index (χ0n) is 22.3. The summed E-state index contributed by atoms with van der Waals surface area (Å²) in [4.78, 5) is 13.9. The van der Waals surface area contributed by atoms with E-state index in [9.17, 15) is 5.11 Å². The molecule has 0 amide bonds. The summed E-state index contributed by atoms with van der Waals surface area (Å²) >= 11 is 6.85. The van der Waals surface area contributed by atoms with Crippen molar-refractivity contribution in [1.82, 2.24) is 20.2 Å². The van der Waals surface area contributed by atoms with Gasteiger partial charge in [0.1, 0.15) is 23.7 Å². The van der Waals surface area contributed by atoms with Gasteiger partial charge in [0.15, 0.2) is 5.82 Å². The van der Waals surface area contributed by atoms with Crippen molar-refractivity contribution in [3.05, 3.63) is 65.1 Å². The number of nitrogens with zero attached hydrogens (tertiary/aromatic N) is 4. The van der Waals surface area contributed by atoms with Gasteiger partial charge in [0.2, 0.25) is 0 Å². The molecule has 0 saturated carbocycles. The molecule has 3 aromatic carbocycles. The second-order valence-electron chi connectivity index (χ2n) is 11.1. The molecule has 0 unspecified atom stereocenters. The van der Waals surface area contributed by atoms with Crippen molar-refractivity contribution in [2.75, 3.05) is 38.2 Å². The average molecular weight is 560 g/mol. The van der Waals surface area contributed by atoms with Crippen molar-refractivity contribution >= 4 is 39.1 Å². The van der Waals surface area contributed by atoms with Gasteiger partial charge >= 0.3 is 6.01 Å². The molecule has 206 valence electrons. The SMILES string of the molecule is CN1CCC[C@H]1COc1nc(N2CC[C@H]3CC=C(C2)N3)c2cc(Cl)c(-c3cc(O)cc4ccccc34)c(F)c2n1. The van der Waals surface area contributed by atoms with Crippen LogP contribution in [0.2, 0.25) is 5.02 Å². The van der Waals surface area contributed by atoms with E-state index >= 15 is 4.39 Å². The smallest absolute Gasteiger partial charge is 0.319 e. The Hall–Kier alpha value is -3.62. The highest BCUT2D eigenvalue weighted by atomic mass is 35.5. The minimum Gasteiger partial charge on any atom is -0.508 e. The molecule has 7 rings (SSSR count). The van der Waals surface area contributed by atoms with Crippen LogP contribution in [0.5, 0.6) is 11.8 Å². The van der Waals surface area contributed by atoms with Crippen molar-refractivity contribution in [3.8, 4) is 22.9 Å². The van der Waals surface area contributed by atoms with Crippen LogP contribution in [0.3, 0.4) is 0 Å². The summed E-state index contributed by atoms with van der Waals surface area (Å²) in [5.74, 6) is 0.0966. The van der Waals surface area contributed by atoms with Gasteiger partial charge in [0.25, 0.3) is 0 Å². The highest BCUT2D eigenvalue weighted by Gasteiger charge is 2.29. The van der Waals surface area contributed by atoms with Crippen LogP contribution in [-0.2, 0) is 0 Å². The third-order valence-corrected chi connectivity index (χ3v) is 8.78. The molecule has 0 spiro atoms. The summed E-state index contributed by atoms with van der Waals surface area (Å²) in [6, 6.07) is 13.4. The number of aromatic hydroxyl groups is 1. The van der Waals surface area contributed by atoms with E-state index in [1.54, 1.807) is 18.2 Å². The van der Waals surface area contributed by atoms with Gasteiger partial charge in [0.05, 0.1) is 11.6 Å². The molecule has 7 nitrogen and oxygen atoms in total. The molecule has 3 aliphatic heterocycles. The molecule has 3 aliphatic rings. The van der Waals surface area contributed by atoms with Crippen molar-refractivity contribution < 1.29 is 14.2 Å². The third-order valence-electron chi connectivity index (χ3n) is 8.48. The van der Waals surface area contributed by atoms with E-state index in [2.05, 4.69) is 33.2 Å². The van der Waals surface area contributed by atoms with Gasteiger partial charge in [-0.1, -0.05) is 41.9 Å². The molecular weight excluding hydrogens is 529 g/mol. The van der Waals surface area contributed by atoms with Crippen LogP contribution >= 0.6 is 11.6 Å². The molecule has 0 radical (unpaired) electrons. The van der Waals surface area contributed by atoms with Crippen LogP contribution in [0, 0.1) is 5.82 Å². The summed E-state index contributed by atoms with van der Waals surface area (Å²) < 4.78 is 22.8. The molecule has 40 heavy (non-hydrogen) atoms. The number of likely N-dealkylation sites (N-methyl/N-ethyl adjacent to an activating group) is 1. The normalized spacial score (nSPS) is 21.1. The lowest BCUT2D eigenvalue weighted by Crippen LogP contribution is -2.31. The molecular formula is C31H31ClFN5O2. The maximum absolute atomic E-state index is 16.7. The van der Waals surface area contributed by atoms with E-state index < -0.39 is 5.82 Å². The van der Waals surface area contributed by atoms with E-state index in [0.717, 1.165) is 55.2 Å². The minimum absolute atomic E-state index is 0.0396. The second-order valence-corrected chi connectivity index (χ2v) is 11.5. The number of aromatic nitrogens is 2. The lowest BCUT2D eigenvalue weighted by Gasteiger charge is -2.25. The summed E-state index contributed by atoms with van der Waals surface area (Å²) in [7, 11) is 2.09. The summed E-state index contributed by atoms with van der Waals surface area (Å²) in [5.41, 5.74) is 2.02. The van der Waals surface area contributed by atoms with Gasteiger partial charge in [-0.2, -0.15) is 9.97 Å². The number of rotatable bonds is 5. The molecule has 4 heterocycles. The first-order valence-corrected chi connectivity index (χ1v) is 14.3. The van der Waals surface area contributed by atoms with E-state index in [4.69, 9.17) is 21.3 Å². The topological polar surface area (TPSA) is 73.8 Å². The zero-order valence-corrected chi connectivity index (χ0v) is 23.1. The molecule has 2 N–H and O–H groups in total. The summed E-state index contributed by atoms with van der Waals surface area (Å²) in [6.45, 7) is 2.88. The number of benzene rings is 3. The number of anilines is 1. The van der Waals surface area contributed by atoms with Gasteiger partial charge in [-0.05, 0) is 73.8 Å². The number of halogens is 2. The van der Waals surface area contributed by atoms with Crippen LogP contribution in [0.25, 0.3) is 32.8 Å². The number of likely N-dealkylation sites (tertiary alicyclic amines) is 1. The fraction of sp³-hybridized carbons (Fsp3) is 0.355. The predicted octanol–water partition coefficient (Wildman–Crippen LogP) is 5.88. The largest absolute Gasteiger partial charge is 0.508 e. The monoisotopic (exact) mass is 559 g/mol. The molecule has 9 heteroatoms. The Labute approximate surface area is 237 Å². The lowest BCUT2D eigenvalue weighted by atomic mass is 9.96. The van der Waals surface area contributed by atoms with E-state index in [-0.39, 0.29) is 33.9 Å². The van der Waals surface area contributed by atoms with Gasteiger partial charge in [-0.25, -0.2) is 4.39 Å². The first-order chi connectivity index (χ1) is 19.4. The molecule has 2 atom stereocenters. The highest BCUT2D eigenvalue weighted by Crippen LogP contribution is 2.42. The Kier molecular flexibility index (Phi) is 6.40. The Bertz CT molecular complexity index is 1660. The number of hydrogen-bond donors (Lipinski definition) is 2. The van der Waals surface area contributed by atoms with Crippen molar-refractivity contribution in [2.45, 2.75) is 37.8 Å². The van der Waals surface area contributed by atoms with Crippen LogP contribution < -0.4 is 15.0 Å². The van der Waals surface area contributed by atoms with Crippen LogP contribution in [0.4, 0.5) is 10.2 Å². The minimum atomic E-state index is -0.557. The fourth-order valence-electron chi connectivity index (χ4n) is 6.32. The highest BCUT2D eigenvalue weighted by molar-refractivity contribution is 6.35. The van der Waals surface area contributed by atoms with Crippen LogP contribution in [-0.4, -0.2) is 65.3 Å². The average Bonchev–Trinajstić information content (AvgIpc) is 3.50. The summed E-state index contributed by atoms with van der Waals surface area (Å²) in [6.07, 6.45) is 6.37. The molecule has 0 aliphatic carbocycles.